The van der Waals surface area contributed by atoms with Gasteiger partial charge in [0.25, 0.3) is 5.95 Å². The maximum absolute atomic E-state index is 5.42. The van der Waals surface area contributed by atoms with Crippen molar-refractivity contribution in [3.8, 4) is 0 Å². The average molecular weight is 264 g/mol. The van der Waals surface area contributed by atoms with Crippen LogP contribution >= 0.6 is 0 Å². The third kappa shape index (κ3) is 3.08. The Morgan fingerprint density at radius 1 is 1.37 bits per heavy atom. The molecule has 1 aromatic heterocycles. The number of anilines is 1. The molecule has 0 amide bonds. The molecule has 2 aliphatic heterocycles. The van der Waals surface area contributed by atoms with E-state index >= 15 is 0 Å². The van der Waals surface area contributed by atoms with Gasteiger partial charge in [0.1, 0.15) is 0 Å². The molecule has 3 rings (SSSR count). The van der Waals surface area contributed by atoms with Crippen molar-refractivity contribution in [1.29, 1.82) is 0 Å². The van der Waals surface area contributed by atoms with Gasteiger partial charge in [-0.2, -0.15) is 4.98 Å². The number of hydrogen-bond donors (Lipinski definition) is 1. The van der Waals surface area contributed by atoms with Crippen molar-refractivity contribution in [3.63, 3.8) is 0 Å². The van der Waals surface area contributed by atoms with Gasteiger partial charge in [0, 0.05) is 19.5 Å². The molecule has 0 radical (unpaired) electrons. The molecule has 5 nitrogen and oxygen atoms in total. The number of nitrogens with zero attached hydrogens (tertiary/aromatic N) is 3. The molecule has 106 valence electrons. The molecule has 2 fully saturated rings. The van der Waals surface area contributed by atoms with Crippen LogP contribution in [0.3, 0.4) is 0 Å². The smallest absolute Gasteiger partial charge is 0.266 e. The summed E-state index contributed by atoms with van der Waals surface area (Å²) < 4.78 is 5.42. The van der Waals surface area contributed by atoms with Gasteiger partial charge in [-0.3, -0.25) is 0 Å². The van der Waals surface area contributed by atoms with Crippen LogP contribution in [-0.2, 0) is 6.42 Å². The Bertz CT molecular complexity index is 394. The van der Waals surface area contributed by atoms with Crippen LogP contribution in [0.2, 0.25) is 0 Å². The minimum absolute atomic E-state index is 0.611. The number of rotatable bonds is 4. The minimum Gasteiger partial charge on any atom is -0.338 e. The number of aromatic nitrogens is 2. The summed E-state index contributed by atoms with van der Waals surface area (Å²) in [6, 6.07) is 0. The van der Waals surface area contributed by atoms with E-state index in [0.29, 0.717) is 5.92 Å². The zero-order valence-electron chi connectivity index (χ0n) is 11.8. The molecular weight excluding hydrogens is 240 g/mol. The highest BCUT2D eigenvalue weighted by molar-refractivity contribution is 5.28. The largest absolute Gasteiger partial charge is 0.338 e. The second kappa shape index (κ2) is 5.90. The molecule has 5 heteroatoms. The van der Waals surface area contributed by atoms with Crippen LogP contribution in [0.5, 0.6) is 0 Å². The van der Waals surface area contributed by atoms with Gasteiger partial charge in [-0.05, 0) is 55.8 Å². The molecule has 19 heavy (non-hydrogen) atoms. The summed E-state index contributed by atoms with van der Waals surface area (Å²) in [5.74, 6) is 2.96. The van der Waals surface area contributed by atoms with E-state index in [2.05, 4.69) is 27.3 Å². The van der Waals surface area contributed by atoms with Gasteiger partial charge in [-0.15, -0.1) is 0 Å². The fraction of sp³-hybridized carbons (Fsp3) is 0.857. The second-order valence-electron chi connectivity index (χ2n) is 5.97. The highest BCUT2D eigenvalue weighted by Gasteiger charge is 2.23. The van der Waals surface area contributed by atoms with Crippen molar-refractivity contribution in [2.45, 2.75) is 39.0 Å². The van der Waals surface area contributed by atoms with E-state index < -0.39 is 0 Å². The standard InChI is InChI=1S/C14H24N4O/c1-11(12-5-4-6-15-10-12)9-13-16-14(17-19-13)18-7-2-3-8-18/h11-12,15H,2-10H2,1H3. The molecule has 1 aromatic rings. The van der Waals surface area contributed by atoms with Crippen molar-refractivity contribution in [2.24, 2.45) is 11.8 Å². The third-order valence-corrected chi connectivity index (χ3v) is 4.48. The highest BCUT2D eigenvalue weighted by atomic mass is 16.5. The summed E-state index contributed by atoms with van der Waals surface area (Å²) in [6.45, 7) is 6.75. The van der Waals surface area contributed by atoms with Crippen molar-refractivity contribution >= 4 is 5.95 Å². The first-order valence-corrected chi connectivity index (χ1v) is 7.61. The quantitative estimate of drug-likeness (QED) is 0.899. The van der Waals surface area contributed by atoms with Gasteiger partial charge in [0.05, 0.1) is 0 Å². The van der Waals surface area contributed by atoms with Gasteiger partial charge in [-0.1, -0.05) is 6.92 Å². The maximum Gasteiger partial charge on any atom is 0.266 e. The Morgan fingerprint density at radius 3 is 2.95 bits per heavy atom. The number of piperidine rings is 1. The molecule has 2 atom stereocenters. The van der Waals surface area contributed by atoms with Crippen LogP contribution in [0.25, 0.3) is 0 Å². The van der Waals surface area contributed by atoms with Crippen molar-refractivity contribution < 1.29 is 4.52 Å². The van der Waals surface area contributed by atoms with Gasteiger partial charge < -0.3 is 14.7 Å². The average Bonchev–Trinajstić information content (AvgIpc) is 3.10. The maximum atomic E-state index is 5.42. The van der Waals surface area contributed by atoms with Gasteiger partial charge in [0.15, 0.2) is 0 Å². The summed E-state index contributed by atoms with van der Waals surface area (Å²) in [6.07, 6.45) is 6.01. The Kier molecular flexibility index (Phi) is 4.01. The zero-order valence-corrected chi connectivity index (χ0v) is 11.8. The van der Waals surface area contributed by atoms with E-state index in [1.807, 2.05) is 0 Å². The monoisotopic (exact) mass is 264 g/mol. The topological polar surface area (TPSA) is 54.2 Å². The Morgan fingerprint density at radius 2 is 2.21 bits per heavy atom. The van der Waals surface area contributed by atoms with Crippen molar-refractivity contribution in [3.05, 3.63) is 5.89 Å². The van der Waals surface area contributed by atoms with Crippen LogP contribution in [0, 0.1) is 11.8 Å². The Labute approximate surface area is 114 Å². The van der Waals surface area contributed by atoms with Crippen LogP contribution in [0.4, 0.5) is 5.95 Å². The SMILES string of the molecule is CC(Cc1nc(N2CCCC2)no1)C1CCCNC1. The molecular formula is C14H24N4O. The van der Waals surface area contributed by atoms with Crippen LogP contribution in [0.15, 0.2) is 4.52 Å². The molecule has 3 heterocycles. The van der Waals surface area contributed by atoms with Gasteiger partial charge in [0.2, 0.25) is 5.89 Å². The van der Waals surface area contributed by atoms with Crippen LogP contribution in [-0.4, -0.2) is 36.3 Å². The summed E-state index contributed by atoms with van der Waals surface area (Å²) in [7, 11) is 0. The van der Waals surface area contributed by atoms with Crippen LogP contribution in [0.1, 0.15) is 38.5 Å². The van der Waals surface area contributed by atoms with Crippen molar-refractivity contribution in [2.75, 3.05) is 31.1 Å². The Hall–Kier alpha value is -1.10. The lowest BCUT2D eigenvalue weighted by atomic mass is 9.85. The molecule has 0 bridgehead atoms. The van der Waals surface area contributed by atoms with E-state index in [0.717, 1.165) is 43.8 Å². The lowest BCUT2D eigenvalue weighted by Crippen LogP contribution is -2.33. The molecule has 0 aromatic carbocycles. The third-order valence-electron chi connectivity index (χ3n) is 4.48. The minimum atomic E-state index is 0.611. The predicted octanol–water partition coefficient (Wildman–Crippen LogP) is 1.85. The lowest BCUT2D eigenvalue weighted by Gasteiger charge is -2.27. The second-order valence-corrected chi connectivity index (χ2v) is 5.97. The predicted molar refractivity (Wildman–Crippen MR) is 74.2 cm³/mol. The summed E-state index contributed by atoms with van der Waals surface area (Å²) >= 11 is 0. The number of hydrogen-bond acceptors (Lipinski definition) is 5. The fourth-order valence-electron chi connectivity index (χ4n) is 3.18. The first kappa shape index (κ1) is 12.9. The first-order chi connectivity index (χ1) is 9.33. The zero-order chi connectivity index (χ0) is 13.1. The van der Waals surface area contributed by atoms with Crippen LogP contribution < -0.4 is 10.2 Å². The van der Waals surface area contributed by atoms with E-state index in [9.17, 15) is 0 Å². The van der Waals surface area contributed by atoms with E-state index in [1.54, 1.807) is 0 Å². The molecule has 2 saturated heterocycles. The first-order valence-electron chi connectivity index (χ1n) is 7.61. The van der Waals surface area contributed by atoms with Gasteiger partial charge in [-0.25, -0.2) is 0 Å². The molecule has 0 spiro atoms. The van der Waals surface area contributed by atoms with E-state index in [-0.39, 0.29) is 0 Å². The normalized spacial score (nSPS) is 25.7. The Balaban J connectivity index is 1.56. The summed E-state index contributed by atoms with van der Waals surface area (Å²) in [5, 5.41) is 7.60. The molecule has 2 unspecified atom stereocenters. The lowest BCUT2D eigenvalue weighted by molar-refractivity contribution is 0.257. The highest BCUT2D eigenvalue weighted by Crippen LogP contribution is 2.24. The van der Waals surface area contributed by atoms with Gasteiger partial charge >= 0.3 is 0 Å². The summed E-state index contributed by atoms with van der Waals surface area (Å²) in [5.41, 5.74) is 0. The molecule has 2 aliphatic rings. The molecule has 0 saturated carbocycles. The number of nitrogens with one attached hydrogen (secondary N) is 1. The van der Waals surface area contributed by atoms with E-state index in [4.69, 9.17) is 4.52 Å². The fourth-order valence-corrected chi connectivity index (χ4v) is 3.18. The molecule has 0 aliphatic carbocycles. The van der Waals surface area contributed by atoms with Crippen molar-refractivity contribution in [1.82, 2.24) is 15.5 Å². The van der Waals surface area contributed by atoms with E-state index in [1.165, 1.54) is 32.2 Å². The molecule has 1 N–H and O–H groups in total. The summed E-state index contributed by atoms with van der Waals surface area (Å²) in [4.78, 5) is 6.78.